The zero-order chi connectivity index (χ0) is 15.7. The molecule has 6 nitrogen and oxygen atoms in total. The van der Waals surface area contributed by atoms with Gasteiger partial charge in [-0.1, -0.05) is 13.0 Å². The molecule has 2 rings (SSSR count). The zero-order valence-corrected chi connectivity index (χ0v) is 13.5. The van der Waals surface area contributed by atoms with E-state index in [1.54, 1.807) is 0 Å². The lowest BCUT2D eigenvalue weighted by Crippen LogP contribution is -2.45. The second-order valence-electron chi connectivity index (χ2n) is 5.14. The third kappa shape index (κ3) is 3.45. The molecular weight excluding hydrogens is 312 g/mol. The second kappa shape index (κ2) is 6.04. The van der Waals surface area contributed by atoms with Crippen LogP contribution in [0.5, 0.6) is 0 Å². The van der Waals surface area contributed by atoms with E-state index in [2.05, 4.69) is 0 Å². The number of hydrogen-bond donors (Lipinski definition) is 1. The molecule has 0 amide bonds. The van der Waals surface area contributed by atoms with Crippen molar-refractivity contribution in [2.45, 2.75) is 35.6 Å². The van der Waals surface area contributed by atoms with Gasteiger partial charge >= 0.3 is 0 Å². The van der Waals surface area contributed by atoms with Gasteiger partial charge in [0, 0.05) is 19.1 Å². The van der Waals surface area contributed by atoms with Gasteiger partial charge in [0.2, 0.25) is 10.0 Å². The Hall–Kier alpha value is -0.960. The molecule has 0 spiro atoms. The van der Waals surface area contributed by atoms with Crippen molar-refractivity contribution in [1.29, 1.82) is 0 Å². The van der Waals surface area contributed by atoms with Crippen LogP contribution < -0.4 is 5.73 Å². The molecule has 1 aliphatic rings. The van der Waals surface area contributed by atoms with E-state index in [9.17, 15) is 16.8 Å². The summed E-state index contributed by atoms with van der Waals surface area (Å²) in [5.41, 5.74) is 5.82. The summed E-state index contributed by atoms with van der Waals surface area (Å²) in [4.78, 5) is 0.0403. The van der Waals surface area contributed by atoms with Gasteiger partial charge in [-0.3, -0.25) is 0 Å². The Kier molecular flexibility index (Phi) is 4.72. The van der Waals surface area contributed by atoms with Crippen LogP contribution in [0.25, 0.3) is 0 Å². The van der Waals surface area contributed by atoms with E-state index < -0.39 is 19.9 Å². The van der Waals surface area contributed by atoms with Gasteiger partial charge in [0.25, 0.3) is 0 Å². The summed E-state index contributed by atoms with van der Waals surface area (Å²) in [7, 11) is -7.13. The number of nitrogens with zero attached hydrogens (tertiary/aromatic N) is 1. The average molecular weight is 332 g/mol. The van der Waals surface area contributed by atoms with E-state index in [1.165, 1.54) is 35.5 Å². The van der Waals surface area contributed by atoms with Crippen molar-refractivity contribution in [3.05, 3.63) is 24.3 Å². The highest BCUT2D eigenvalue weighted by Gasteiger charge is 2.29. The average Bonchev–Trinajstić information content (AvgIpc) is 2.47. The quantitative estimate of drug-likeness (QED) is 0.870. The van der Waals surface area contributed by atoms with E-state index in [0.717, 1.165) is 6.42 Å². The fourth-order valence-corrected chi connectivity index (χ4v) is 4.92. The van der Waals surface area contributed by atoms with Crippen molar-refractivity contribution in [2.24, 2.45) is 5.73 Å². The standard InChI is InChI=1S/C13H20N2O4S2/c1-2-20(16,17)12-6-3-7-13(9-12)21(18,19)15-8-4-5-11(14)10-15/h3,6-7,9,11H,2,4-5,8,10,14H2,1H3. The molecule has 21 heavy (non-hydrogen) atoms. The number of hydrogen-bond acceptors (Lipinski definition) is 5. The Morgan fingerprint density at radius 2 is 1.90 bits per heavy atom. The maximum Gasteiger partial charge on any atom is 0.243 e. The van der Waals surface area contributed by atoms with Crippen LogP contribution in [-0.2, 0) is 19.9 Å². The van der Waals surface area contributed by atoms with Crippen LogP contribution in [0.2, 0.25) is 0 Å². The molecular formula is C13H20N2O4S2. The van der Waals surface area contributed by atoms with Crippen LogP contribution in [0.1, 0.15) is 19.8 Å². The monoisotopic (exact) mass is 332 g/mol. The van der Waals surface area contributed by atoms with Gasteiger partial charge < -0.3 is 5.73 Å². The Bertz CT molecular complexity index is 713. The first-order valence-electron chi connectivity index (χ1n) is 6.86. The molecule has 1 heterocycles. The molecule has 0 aromatic heterocycles. The molecule has 0 bridgehead atoms. The molecule has 1 saturated heterocycles. The van der Waals surface area contributed by atoms with E-state index in [0.29, 0.717) is 13.0 Å². The van der Waals surface area contributed by atoms with Crippen molar-refractivity contribution in [1.82, 2.24) is 4.31 Å². The maximum atomic E-state index is 12.6. The smallest absolute Gasteiger partial charge is 0.243 e. The van der Waals surface area contributed by atoms with Crippen molar-refractivity contribution < 1.29 is 16.8 Å². The summed E-state index contributed by atoms with van der Waals surface area (Å²) in [5.74, 6) is -0.0644. The van der Waals surface area contributed by atoms with Gasteiger partial charge in [-0.15, -0.1) is 0 Å². The Morgan fingerprint density at radius 3 is 2.52 bits per heavy atom. The molecule has 1 unspecified atom stereocenters. The maximum absolute atomic E-state index is 12.6. The highest BCUT2D eigenvalue weighted by molar-refractivity contribution is 7.91. The Balaban J connectivity index is 2.39. The number of rotatable bonds is 4. The highest BCUT2D eigenvalue weighted by atomic mass is 32.2. The summed E-state index contributed by atoms with van der Waals surface area (Å²) in [6, 6.07) is 5.36. The largest absolute Gasteiger partial charge is 0.327 e. The topological polar surface area (TPSA) is 97.5 Å². The van der Waals surface area contributed by atoms with Gasteiger partial charge in [0.15, 0.2) is 9.84 Å². The van der Waals surface area contributed by atoms with Crippen LogP contribution in [-0.4, -0.2) is 46.0 Å². The highest BCUT2D eigenvalue weighted by Crippen LogP contribution is 2.23. The van der Waals surface area contributed by atoms with Crippen molar-refractivity contribution >= 4 is 19.9 Å². The molecule has 1 fully saturated rings. The first kappa shape index (κ1) is 16.4. The molecule has 1 aromatic carbocycles. The fourth-order valence-electron chi connectivity index (χ4n) is 2.34. The first-order chi connectivity index (χ1) is 9.77. The lowest BCUT2D eigenvalue weighted by Gasteiger charge is -2.29. The van der Waals surface area contributed by atoms with Crippen LogP contribution in [0.15, 0.2) is 34.1 Å². The SMILES string of the molecule is CCS(=O)(=O)c1cccc(S(=O)(=O)N2CCCC(N)C2)c1. The zero-order valence-electron chi connectivity index (χ0n) is 11.9. The summed E-state index contributed by atoms with van der Waals surface area (Å²) < 4.78 is 50.2. The van der Waals surface area contributed by atoms with Gasteiger partial charge in [0.05, 0.1) is 15.5 Å². The van der Waals surface area contributed by atoms with Gasteiger partial charge in [0.1, 0.15) is 0 Å². The molecule has 0 radical (unpaired) electrons. The lowest BCUT2D eigenvalue weighted by molar-refractivity contribution is 0.316. The molecule has 1 atom stereocenters. The van der Waals surface area contributed by atoms with E-state index in [4.69, 9.17) is 5.73 Å². The lowest BCUT2D eigenvalue weighted by atomic mass is 10.1. The predicted octanol–water partition coefficient (Wildman–Crippen LogP) is 0.592. The van der Waals surface area contributed by atoms with Crippen LogP contribution in [0, 0.1) is 0 Å². The number of benzene rings is 1. The van der Waals surface area contributed by atoms with E-state index >= 15 is 0 Å². The molecule has 0 aliphatic carbocycles. The second-order valence-corrected chi connectivity index (χ2v) is 9.36. The summed E-state index contributed by atoms with van der Waals surface area (Å²) >= 11 is 0. The Labute approximate surface area is 125 Å². The molecule has 8 heteroatoms. The minimum absolute atomic E-state index is 0.00567. The van der Waals surface area contributed by atoms with Crippen LogP contribution >= 0.6 is 0 Å². The van der Waals surface area contributed by atoms with E-state index in [-0.39, 0.29) is 28.1 Å². The van der Waals surface area contributed by atoms with Gasteiger partial charge in [-0.25, -0.2) is 16.8 Å². The number of nitrogens with two attached hydrogens (primary N) is 1. The number of sulfone groups is 1. The van der Waals surface area contributed by atoms with Gasteiger partial charge in [-0.05, 0) is 31.0 Å². The number of sulfonamides is 1. The Morgan fingerprint density at radius 1 is 1.24 bits per heavy atom. The minimum Gasteiger partial charge on any atom is -0.327 e. The van der Waals surface area contributed by atoms with Crippen molar-refractivity contribution in [2.75, 3.05) is 18.8 Å². The van der Waals surface area contributed by atoms with Gasteiger partial charge in [-0.2, -0.15) is 4.31 Å². The van der Waals surface area contributed by atoms with Crippen LogP contribution in [0.4, 0.5) is 0 Å². The molecule has 1 aliphatic heterocycles. The van der Waals surface area contributed by atoms with Crippen molar-refractivity contribution in [3.8, 4) is 0 Å². The predicted molar refractivity (Wildman–Crippen MR) is 80.1 cm³/mol. The molecule has 0 saturated carbocycles. The summed E-state index contributed by atoms with van der Waals surface area (Å²) in [5, 5.41) is 0. The number of piperidine rings is 1. The normalized spacial score (nSPS) is 21.3. The fraction of sp³-hybridized carbons (Fsp3) is 0.538. The summed E-state index contributed by atoms with van der Waals surface area (Å²) in [6.45, 7) is 2.22. The third-order valence-corrected chi connectivity index (χ3v) is 7.20. The molecule has 1 aromatic rings. The third-order valence-electron chi connectivity index (χ3n) is 3.60. The van der Waals surface area contributed by atoms with Crippen LogP contribution in [0.3, 0.4) is 0 Å². The van der Waals surface area contributed by atoms with E-state index in [1.807, 2.05) is 0 Å². The first-order valence-corrected chi connectivity index (χ1v) is 9.95. The minimum atomic E-state index is -3.70. The summed E-state index contributed by atoms with van der Waals surface area (Å²) in [6.07, 6.45) is 1.52. The molecule has 118 valence electrons. The molecule has 2 N–H and O–H groups in total. The van der Waals surface area contributed by atoms with Crippen molar-refractivity contribution in [3.63, 3.8) is 0 Å².